The first kappa shape index (κ1) is 67.2. The maximum absolute atomic E-state index is 12.2. The third-order valence-corrected chi connectivity index (χ3v) is 12.2. The summed E-state index contributed by atoms with van der Waals surface area (Å²) in [6, 6.07) is 0. The molecule has 17 heteroatoms. The van der Waals surface area contributed by atoms with Gasteiger partial charge in [0.05, 0.1) is 26.4 Å². The van der Waals surface area contributed by atoms with E-state index < -0.39 is 85.5 Å². The van der Waals surface area contributed by atoms with Crippen LogP contribution in [0.4, 0.5) is 0 Å². The zero-order valence-corrected chi connectivity index (χ0v) is 44.4. The molecule has 0 aromatic carbocycles. The van der Waals surface area contributed by atoms with Gasteiger partial charge < -0.3 is 34.6 Å². The van der Waals surface area contributed by atoms with Crippen molar-refractivity contribution in [2.45, 2.75) is 199 Å². The van der Waals surface area contributed by atoms with E-state index in [1.165, 1.54) is 70.6 Å². The lowest BCUT2D eigenvalue weighted by atomic mass is 10.0. The first-order valence-corrected chi connectivity index (χ1v) is 28.9. The van der Waals surface area contributed by atoms with Crippen LogP contribution < -0.4 is 0 Å². The summed E-state index contributed by atoms with van der Waals surface area (Å²) in [4.78, 5) is 43.8. The number of carbonyl (C=O) groups excluding carboxylic acids is 2. The van der Waals surface area contributed by atoms with Crippen molar-refractivity contribution in [3.8, 4) is 0 Å². The van der Waals surface area contributed by atoms with Crippen molar-refractivity contribution in [1.82, 2.24) is 0 Å². The third-order valence-electron chi connectivity index (χ3n) is 10.3. The van der Waals surface area contributed by atoms with Gasteiger partial charge in [-0.1, -0.05) is 170 Å². The van der Waals surface area contributed by atoms with Crippen LogP contribution in [-0.4, -0.2) is 95.0 Å². The molecule has 0 aliphatic heterocycles. The maximum Gasteiger partial charge on any atom is 0.472 e. The molecule has 404 valence electrons. The van der Waals surface area contributed by atoms with Crippen molar-refractivity contribution < 1.29 is 71.4 Å². The van der Waals surface area contributed by atoms with E-state index in [1.54, 1.807) is 0 Å². The van der Waals surface area contributed by atoms with E-state index >= 15 is 0 Å². The van der Waals surface area contributed by atoms with Gasteiger partial charge in [0.2, 0.25) is 0 Å². The van der Waals surface area contributed by atoms with Gasteiger partial charge in [0.1, 0.15) is 31.5 Å². The zero-order chi connectivity index (χ0) is 51.7. The number of hydrogen-bond acceptors (Lipinski definition) is 13. The van der Waals surface area contributed by atoms with Gasteiger partial charge in [-0.05, 0) is 83.5 Å². The van der Waals surface area contributed by atoms with Crippen molar-refractivity contribution in [2.24, 2.45) is 0 Å². The molecule has 0 rings (SSSR count). The molecular formula is C53H92O15P2. The molecular weight excluding hydrogens is 939 g/mol. The molecule has 0 aliphatic rings. The molecule has 0 bridgehead atoms. The minimum Gasteiger partial charge on any atom is -0.463 e. The summed E-state index contributed by atoms with van der Waals surface area (Å²) >= 11 is 0. The highest BCUT2D eigenvalue weighted by molar-refractivity contribution is 7.47. The van der Waals surface area contributed by atoms with Crippen LogP contribution in [0.3, 0.4) is 0 Å². The van der Waals surface area contributed by atoms with Crippen molar-refractivity contribution in [1.29, 1.82) is 0 Å². The Morgan fingerprint density at radius 1 is 0.386 bits per heavy atom. The Morgan fingerprint density at radius 2 is 0.671 bits per heavy atom. The van der Waals surface area contributed by atoms with Crippen molar-refractivity contribution >= 4 is 27.6 Å². The Balaban J connectivity index is 3.90. The summed E-state index contributed by atoms with van der Waals surface area (Å²) in [7, 11) is -9.60. The van der Waals surface area contributed by atoms with Crippen LogP contribution >= 0.6 is 15.6 Å². The van der Waals surface area contributed by atoms with E-state index in [-0.39, 0.29) is 12.8 Å². The molecule has 15 nitrogen and oxygen atoms in total. The molecule has 5 N–H and O–H groups in total. The van der Waals surface area contributed by atoms with Gasteiger partial charge in [0.15, 0.2) is 0 Å². The van der Waals surface area contributed by atoms with E-state index in [9.17, 15) is 43.8 Å². The molecule has 0 aromatic heterocycles. The summed E-state index contributed by atoms with van der Waals surface area (Å²) in [5, 5.41) is 30.1. The first-order valence-electron chi connectivity index (χ1n) is 25.9. The number of rotatable bonds is 49. The number of phosphoric ester groups is 2. The Morgan fingerprint density at radius 3 is 1.04 bits per heavy atom. The molecule has 70 heavy (non-hydrogen) atoms. The molecule has 0 spiro atoms. The number of aliphatic hydroxyl groups excluding tert-OH is 3. The van der Waals surface area contributed by atoms with Crippen LogP contribution in [0.15, 0.2) is 85.1 Å². The first-order chi connectivity index (χ1) is 33.8. The van der Waals surface area contributed by atoms with Crippen LogP contribution in [0.5, 0.6) is 0 Å². The lowest BCUT2D eigenvalue weighted by molar-refractivity contribution is -0.148. The number of esters is 2. The second-order valence-electron chi connectivity index (χ2n) is 17.2. The predicted octanol–water partition coefficient (Wildman–Crippen LogP) is 12.5. The highest BCUT2D eigenvalue weighted by Crippen LogP contribution is 2.45. The lowest BCUT2D eigenvalue weighted by Gasteiger charge is -2.19. The molecule has 0 aromatic rings. The van der Waals surface area contributed by atoms with E-state index in [0.717, 1.165) is 64.2 Å². The Kier molecular flexibility index (Phi) is 46.6. The van der Waals surface area contributed by atoms with Gasteiger partial charge in [0.25, 0.3) is 0 Å². The molecule has 0 heterocycles. The van der Waals surface area contributed by atoms with E-state index in [0.29, 0.717) is 19.3 Å². The summed E-state index contributed by atoms with van der Waals surface area (Å²) in [6.45, 7) is 0.211. The fourth-order valence-electron chi connectivity index (χ4n) is 6.34. The summed E-state index contributed by atoms with van der Waals surface area (Å²) in [6.07, 6.45) is 51.5. The van der Waals surface area contributed by atoms with Crippen molar-refractivity contribution in [3.05, 3.63) is 85.1 Å². The van der Waals surface area contributed by atoms with Gasteiger partial charge in [-0.15, -0.1) is 0 Å². The van der Waals surface area contributed by atoms with Crippen molar-refractivity contribution in [3.63, 3.8) is 0 Å². The number of aliphatic hydroxyl groups is 3. The van der Waals surface area contributed by atoms with E-state index in [1.807, 2.05) is 12.2 Å². The normalized spacial score (nSPS) is 15.6. The van der Waals surface area contributed by atoms with Gasteiger partial charge in [-0.3, -0.25) is 27.7 Å². The highest BCUT2D eigenvalue weighted by Gasteiger charge is 2.28. The fraction of sp³-hybridized carbons (Fsp3) is 0.698. The largest absolute Gasteiger partial charge is 0.472 e. The Hall–Kier alpha value is -2.78. The lowest BCUT2D eigenvalue weighted by Crippen LogP contribution is -2.25. The van der Waals surface area contributed by atoms with Gasteiger partial charge >= 0.3 is 27.6 Å². The SMILES string of the molecule is CC/C=C\C/C=C\C/C=C\C/C=C\C/C=C\CCCC(=O)OCC(O)COP(=O)(O)OCC(O)COP(=O)(O)OCC(O)COC(=O)CCCCCCCCCCCCC/C=C\C/C=C\CCCCC. The van der Waals surface area contributed by atoms with Crippen LogP contribution in [-0.2, 0) is 46.3 Å². The summed E-state index contributed by atoms with van der Waals surface area (Å²) < 4.78 is 53.0. The molecule has 0 saturated carbocycles. The molecule has 5 atom stereocenters. The van der Waals surface area contributed by atoms with E-state index in [2.05, 4.69) is 100 Å². The third kappa shape index (κ3) is 50.2. The van der Waals surface area contributed by atoms with Crippen LogP contribution in [0.1, 0.15) is 181 Å². The molecule has 0 radical (unpaired) electrons. The number of hydrogen-bond donors (Lipinski definition) is 5. The average Bonchev–Trinajstić information content (AvgIpc) is 3.34. The number of allylic oxidation sites excluding steroid dienone is 14. The minimum absolute atomic E-state index is 0.115. The zero-order valence-electron chi connectivity index (χ0n) is 42.7. The molecule has 0 amide bonds. The molecule has 0 saturated heterocycles. The highest BCUT2D eigenvalue weighted by atomic mass is 31.2. The van der Waals surface area contributed by atoms with Crippen molar-refractivity contribution in [2.75, 3.05) is 39.6 Å². The Labute approximate surface area is 421 Å². The van der Waals surface area contributed by atoms with Gasteiger partial charge in [0, 0.05) is 12.8 Å². The average molecular weight is 1030 g/mol. The van der Waals surface area contributed by atoms with Crippen LogP contribution in [0.25, 0.3) is 0 Å². The minimum atomic E-state index is -4.80. The van der Waals surface area contributed by atoms with Crippen LogP contribution in [0.2, 0.25) is 0 Å². The molecule has 0 fully saturated rings. The quantitative estimate of drug-likeness (QED) is 0.0165. The number of phosphoric acid groups is 2. The van der Waals surface area contributed by atoms with E-state index in [4.69, 9.17) is 14.0 Å². The fourth-order valence-corrected chi connectivity index (χ4v) is 7.93. The monoisotopic (exact) mass is 1030 g/mol. The van der Waals surface area contributed by atoms with Gasteiger partial charge in [-0.2, -0.15) is 0 Å². The maximum atomic E-state index is 12.2. The van der Waals surface area contributed by atoms with Gasteiger partial charge in [-0.25, -0.2) is 9.13 Å². The smallest absolute Gasteiger partial charge is 0.463 e. The number of unbranched alkanes of at least 4 members (excludes halogenated alkanes) is 15. The predicted molar refractivity (Wildman–Crippen MR) is 279 cm³/mol. The topological polar surface area (TPSA) is 225 Å². The Bertz CT molecular complexity index is 1570. The summed E-state index contributed by atoms with van der Waals surface area (Å²) in [5.74, 6) is -1.06. The van der Waals surface area contributed by atoms with Crippen LogP contribution in [0, 0.1) is 0 Å². The number of ether oxygens (including phenoxy) is 2. The summed E-state index contributed by atoms with van der Waals surface area (Å²) in [5.41, 5.74) is 0. The molecule has 0 aliphatic carbocycles. The number of carbonyl (C=O) groups is 2. The second-order valence-corrected chi connectivity index (χ2v) is 20.1. The second kappa shape index (κ2) is 48.5. The molecule has 5 unspecified atom stereocenters. The standard InChI is InChI=1S/C53H92O15P2/c1-3-5-7-9-11-13-15-17-19-21-22-23-24-26-28-30-32-34-36-38-40-42-53(58)64-44-50(55)46-66-70(61,62)68-48-51(56)47-67-69(59,60)65-45-49(54)43-63-52(57)41-39-37-35-33-31-29-27-25-20-18-16-14-12-10-8-6-4-2/h6,8,11-14,17-20,27,29,33,35,49-51,54-56H,3-5,7,9-10,15-16,21-26,28,30-32,34,36-48H2,1-2H3,(H,59,60)(H,61,62)/b8-6-,13-11-,14-12-,19-17-,20-18-,29-27-,35-33-.